The number of nitrogens with one attached hydrogen (secondary N) is 1. The van der Waals surface area contributed by atoms with Crippen molar-refractivity contribution in [1.29, 1.82) is 0 Å². The average Bonchev–Trinajstić information content (AvgIpc) is 2.67. The number of ether oxygens (including phenoxy) is 1. The summed E-state index contributed by atoms with van der Waals surface area (Å²) in [5.74, 6) is 0. The summed E-state index contributed by atoms with van der Waals surface area (Å²) in [7, 11) is 0. The maximum atomic E-state index is 11.9. The lowest BCUT2D eigenvalue weighted by Gasteiger charge is -2.13. The molecule has 1 N–H and O–H groups in total. The van der Waals surface area contributed by atoms with Crippen LogP contribution in [0.2, 0.25) is 0 Å². The van der Waals surface area contributed by atoms with E-state index in [9.17, 15) is 4.79 Å². The first-order chi connectivity index (χ1) is 8.54. The topological polar surface area (TPSA) is 56.1 Å². The van der Waals surface area contributed by atoms with Crippen molar-refractivity contribution in [3.8, 4) is 0 Å². The van der Waals surface area contributed by atoms with E-state index in [1.54, 1.807) is 12.3 Å². The van der Waals surface area contributed by atoms with Crippen LogP contribution in [0, 0.1) is 0 Å². The second-order valence-electron chi connectivity index (χ2n) is 5.21. The van der Waals surface area contributed by atoms with Gasteiger partial charge < -0.3 is 10.1 Å². The number of anilines is 1. The first kappa shape index (κ1) is 13.1. The zero-order valence-corrected chi connectivity index (χ0v) is 11.2. The summed E-state index contributed by atoms with van der Waals surface area (Å²) in [6.07, 6.45) is 4.18. The molecule has 0 saturated carbocycles. The van der Waals surface area contributed by atoms with Gasteiger partial charge in [0.15, 0.2) is 0 Å². The number of hydrogen-bond acceptors (Lipinski definition) is 4. The van der Waals surface area contributed by atoms with E-state index in [4.69, 9.17) is 4.74 Å². The highest BCUT2D eigenvalue weighted by Gasteiger charge is 2.22. The molecule has 2 atom stereocenters. The first-order valence-corrected chi connectivity index (χ1v) is 6.54. The summed E-state index contributed by atoms with van der Waals surface area (Å²) in [5.41, 5.74) is 0.691. The molecule has 2 unspecified atom stereocenters. The van der Waals surface area contributed by atoms with Crippen LogP contribution in [0.15, 0.2) is 17.1 Å². The molecule has 1 aromatic rings. The minimum Gasteiger partial charge on any atom is -0.381 e. The standard InChI is InChI=1S/C13H21N3O2/c1-9(2)15-11-6-13(17)16(14-7-11)8-12-5-4-10(3)18-12/h6-7,9-10,12,15H,4-5,8H2,1-3H3. The molecule has 2 rings (SSSR count). The molecule has 2 heterocycles. The maximum absolute atomic E-state index is 11.9. The highest BCUT2D eigenvalue weighted by molar-refractivity contribution is 5.39. The van der Waals surface area contributed by atoms with Crippen LogP contribution >= 0.6 is 0 Å². The van der Waals surface area contributed by atoms with E-state index in [1.165, 1.54) is 4.68 Å². The molecule has 5 nitrogen and oxygen atoms in total. The number of nitrogens with zero attached hydrogens (tertiary/aromatic N) is 2. The van der Waals surface area contributed by atoms with E-state index in [0.29, 0.717) is 18.7 Å². The van der Waals surface area contributed by atoms with Crippen LogP contribution in [0.1, 0.15) is 33.6 Å². The Hall–Kier alpha value is -1.36. The molecule has 1 fully saturated rings. The Balaban J connectivity index is 2.03. The Labute approximate surface area is 107 Å². The van der Waals surface area contributed by atoms with Crippen LogP contribution in [-0.4, -0.2) is 28.0 Å². The highest BCUT2D eigenvalue weighted by atomic mass is 16.5. The molecule has 0 aromatic carbocycles. The predicted octanol–water partition coefficient (Wildman–Crippen LogP) is 1.63. The molecule has 1 aliphatic rings. The van der Waals surface area contributed by atoms with E-state index in [2.05, 4.69) is 17.3 Å². The third-order valence-corrected chi connectivity index (χ3v) is 3.02. The van der Waals surface area contributed by atoms with Gasteiger partial charge in [-0.1, -0.05) is 0 Å². The van der Waals surface area contributed by atoms with E-state index in [-0.39, 0.29) is 11.7 Å². The molecule has 1 aromatic heterocycles. The second kappa shape index (κ2) is 5.52. The molecule has 0 radical (unpaired) electrons. The van der Waals surface area contributed by atoms with Crippen molar-refractivity contribution in [3.05, 3.63) is 22.6 Å². The van der Waals surface area contributed by atoms with Crippen molar-refractivity contribution in [2.75, 3.05) is 5.32 Å². The Morgan fingerprint density at radius 2 is 2.33 bits per heavy atom. The first-order valence-electron chi connectivity index (χ1n) is 6.54. The van der Waals surface area contributed by atoms with E-state index < -0.39 is 0 Å². The molecule has 18 heavy (non-hydrogen) atoms. The molecule has 1 aliphatic heterocycles. The molecule has 0 bridgehead atoms. The van der Waals surface area contributed by atoms with Crippen molar-refractivity contribution < 1.29 is 4.74 Å². The van der Waals surface area contributed by atoms with Crippen LogP contribution in [0.4, 0.5) is 5.69 Å². The summed E-state index contributed by atoms with van der Waals surface area (Å²) in [6.45, 7) is 6.66. The minimum absolute atomic E-state index is 0.0798. The molecule has 0 amide bonds. The van der Waals surface area contributed by atoms with Crippen LogP contribution in [-0.2, 0) is 11.3 Å². The van der Waals surface area contributed by atoms with Gasteiger partial charge in [-0.3, -0.25) is 4.79 Å². The van der Waals surface area contributed by atoms with Gasteiger partial charge in [-0.15, -0.1) is 0 Å². The lowest BCUT2D eigenvalue weighted by atomic mass is 10.2. The molecule has 5 heteroatoms. The average molecular weight is 251 g/mol. The third kappa shape index (κ3) is 3.32. The van der Waals surface area contributed by atoms with Gasteiger partial charge in [0.2, 0.25) is 0 Å². The quantitative estimate of drug-likeness (QED) is 0.883. The molecule has 0 aliphatic carbocycles. The van der Waals surface area contributed by atoms with Gasteiger partial charge in [-0.05, 0) is 33.6 Å². The number of rotatable bonds is 4. The van der Waals surface area contributed by atoms with Crippen LogP contribution in [0.3, 0.4) is 0 Å². The van der Waals surface area contributed by atoms with Crippen molar-refractivity contribution in [2.45, 2.75) is 58.4 Å². The fourth-order valence-electron chi connectivity index (χ4n) is 2.20. The van der Waals surface area contributed by atoms with Gasteiger partial charge in [0, 0.05) is 12.1 Å². The number of hydrogen-bond donors (Lipinski definition) is 1. The van der Waals surface area contributed by atoms with Gasteiger partial charge in [0.05, 0.1) is 30.6 Å². The Kier molecular flexibility index (Phi) is 4.01. The summed E-state index contributed by atoms with van der Waals surface area (Å²) >= 11 is 0. The van der Waals surface area contributed by atoms with E-state index in [0.717, 1.165) is 18.5 Å². The lowest BCUT2D eigenvalue weighted by Crippen LogP contribution is -2.29. The van der Waals surface area contributed by atoms with Crippen molar-refractivity contribution in [2.24, 2.45) is 0 Å². The van der Waals surface area contributed by atoms with Gasteiger partial charge in [-0.25, -0.2) is 4.68 Å². The fourth-order valence-corrected chi connectivity index (χ4v) is 2.20. The summed E-state index contributed by atoms with van der Waals surface area (Å²) in [6, 6.07) is 1.88. The zero-order chi connectivity index (χ0) is 13.1. The molecular weight excluding hydrogens is 230 g/mol. The normalized spacial score (nSPS) is 23.6. The lowest BCUT2D eigenvalue weighted by molar-refractivity contribution is 0.0428. The minimum atomic E-state index is -0.0798. The smallest absolute Gasteiger partial charge is 0.268 e. The Bertz CT molecular complexity index is 456. The van der Waals surface area contributed by atoms with Crippen LogP contribution in [0.5, 0.6) is 0 Å². The van der Waals surface area contributed by atoms with Crippen molar-refractivity contribution in [3.63, 3.8) is 0 Å². The van der Waals surface area contributed by atoms with Crippen molar-refractivity contribution >= 4 is 5.69 Å². The maximum Gasteiger partial charge on any atom is 0.268 e. The van der Waals surface area contributed by atoms with Gasteiger partial charge in [0.1, 0.15) is 0 Å². The van der Waals surface area contributed by atoms with E-state index >= 15 is 0 Å². The van der Waals surface area contributed by atoms with Gasteiger partial charge in [0.25, 0.3) is 5.56 Å². The molecule has 1 saturated heterocycles. The third-order valence-electron chi connectivity index (χ3n) is 3.02. The summed E-state index contributed by atoms with van der Waals surface area (Å²) in [5, 5.41) is 7.35. The largest absolute Gasteiger partial charge is 0.381 e. The molecule has 100 valence electrons. The Morgan fingerprint density at radius 1 is 1.56 bits per heavy atom. The van der Waals surface area contributed by atoms with Crippen LogP contribution < -0.4 is 10.9 Å². The zero-order valence-electron chi connectivity index (χ0n) is 11.2. The predicted molar refractivity (Wildman–Crippen MR) is 70.8 cm³/mol. The fraction of sp³-hybridized carbons (Fsp3) is 0.692. The monoisotopic (exact) mass is 251 g/mol. The van der Waals surface area contributed by atoms with Gasteiger partial charge in [-0.2, -0.15) is 5.10 Å². The summed E-state index contributed by atoms with van der Waals surface area (Å²) < 4.78 is 7.18. The SMILES string of the molecule is CC(C)Nc1cnn(CC2CCC(C)O2)c(=O)c1. The highest BCUT2D eigenvalue weighted by Crippen LogP contribution is 2.19. The molecule has 0 spiro atoms. The summed E-state index contributed by atoms with van der Waals surface area (Å²) in [4.78, 5) is 11.9. The second-order valence-corrected chi connectivity index (χ2v) is 5.21. The number of aromatic nitrogens is 2. The van der Waals surface area contributed by atoms with Gasteiger partial charge >= 0.3 is 0 Å². The Morgan fingerprint density at radius 3 is 2.89 bits per heavy atom. The molecular formula is C13H21N3O2. The van der Waals surface area contributed by atoms with Crippen molar-refractivity contribution in [1.82, 2.24) is 9.78 Å². The van der Waals surface area contributed by atoms with Crippen LogP contribution in [0.25, 0.3) is 0 Å². The van der Waals surface area contributed by atoms with E-state index in [1.807, 2.05) is 13.8 Å².